The van der Waals surface area contributed by atoms with E-state index in [0.717, 1.165) is 23.5 Å². The van der Waals surface area contributed by atoms with Crippen LogP contribution < -0.4 is 0 Å². The van der Waals surface area contributed by atoms with Crippen molar-refractivity contribution >= 4 is 16.3 Å². The summed E-state index contributed by atoms with van der Waals surface area (Å²) in [4.78, 5) is 5.74. The largest absolute Gasteiger partial charge is 0.217 e. The lowest BCUT2D eigenvalue weighted by Crippen LogP contribution is -1.93. The van der Waals surface area contributed by atoms with Crippen LogP contribution in [0.5, 0.6) is 0 Å². The van der Waals surface area contributed by atoms with Crippen LogP contribution in [0.1, 0.15) is 17.7 Å². The van der Waals surface area contributed by atoms with Gasteiger partial charge in [-0.05, 0) is 24.8 Å². The maximum Gasteiger partial charge on any atom is 0.212 e. The van der Waals surface area contributed by atoms with Crippen molar-refractivity contribution in [1.82, 2.24) is 14.6 Å². The van der Waals surface area contributed by atoms with Gasteiger partial charge in [-0.3, -0.25) is 0 Å². The van der Waals surface area contributed by atoms with Crippen LogP contribution in [0, 0.1) is 0 Å². The van der Waals surface area contributed by atoms with Gasteiger partial charge in [0.25, 0.3) is 0 Å². The molecule has 0 fully saturated rings. The summed E-state index contributed by atoms with van der Waals surface area (Å²) in [6.45, 7) is 0. The van der Waals surface area contributed by atoms with Crippen LogP contribution >= 0.6 is 11.3 Å². The molecule has 0 saturated heterocycles. The van der Waals surface area contributed by atoms with E-state index in [2.05, 4.69) is 29.4 Å². The molecule has 0 spiro atoms. The summed E-state index contributed by atoms with van der Waals surface area (Å²) in [5.74, 6) is 0. The van der Waals surface area contributed by atoms with Crippen molar-refractivity contribution in [3.8, 4) is 11.3 Å². The van der Waals surface area contributed by atoms with Crippen molar-refractivity contribution in [1.29, 1.82) is 0 Å². The minimum Gasteiger partial charge on any atom is -0.217 e. The Bertz CT molecular complexity index is 696. The molecule has 84 valence electrons. The summed E-state index contributed by atoms with van der Waals surface area (Å²) in [5, 5.41) is 4.38. The van der Waals surface area contributed by atoms with Crippen molar-refractivity contribution in [2.75, 3.05) is 0 Å². The molecule has 0 bridgehead atoms. The van der Waals surface area contributed by atoms with E-state index in [1.807, 2.05) is 10.0 Å². The molecule has 0 aliphatic heterocycles. The van der Waals surface area contributed by atoms with Crippen molar-refractivity contribution in [3.63, 3.8) is 0 Å². The Morgan fingerprint density at radius 2 is 2.12 bits per heavy atom. The molecule has 1 aromatic carbocycles. The van der Waals surface area contributed by atoms with Gasteiger partial charge in [-0.1, -0.05) is 35.6 Å². The zero-order chi connectivity index (χ0) is 11.2. The second-order valence-corrected chi connectivity index (χ2v) is 5.16. The third-order valence-electron chi connectivity index (χ3n) is 3.37. The van der Waals surface area contributed by atoms with Crippen LogP contribution in [-0.4, -0.2) is 14.6 Å². The predicted molar refractivity (Wildman–Crippen MR) is 68.3 cm³/mol. The molecular weight excluding hydrogens is 230 g/mol. The molecule has 1 aliphatic carbocycles. The minimum absolute atomic E-state index is 1.01. The molecule has 2 aromatic heterocycles. The summed E-state index contributed by atoms with van der Waals surface area (Å²) in [5.41, 5.74) is 6.97. The third kappa shape index (κ3) is 1.27. The van der Waals surface area contributed by atoms with Crippen LogP contribution in [0.4, 0.5) is 0 Å². The van der Waals surface area contributed by atoms with Crippen molar-refractivity contribution in [3.05, 3.63) is 41.0 Å². The van der Waals surface area contributed by atoms with E-state index in [1.165, 1.54) is 23.2 Å². The van der Waals surface area contributed by atoms with Crippen LogP contribution in [0.15, 0.2) is 29.8 Å². The van der Waals surface area contributed by atoms with Gasteiger partial charge in [0.05, 0.1) is 11.4 Å². The molecule has 0 atom stereocenters. The Morgan fingerprint density at radius 1 is 1.18 bits per heavy atom. The molecule has 3 aromatic rings. The van der Waals surface area contributed by atoms with Crippen molar-refractivity contribution in [2.24, 2.45) is 0 Å². The Morgan fingerprint density at radius 3 is 3.12 bits per heavy atom. The number of rotatable bonds is 0. The van der Waals surface area contributed by atoms with Gasteiger partial charge in [0.2, 0.25) is 4.96 Å². The fourth-order valence-corrected chi connectivity index (χ4v) is 3.23. The van der Waals surface area contributed by atoms with Gasteiger partial charge in [-0.15, -0.1) is 0 Å². The van der Waals surface area contributed by atoms with Crippen LogP contribution in [0.25, 0.3) is 16.2 Å². The summed E-state index contributed by atoms with van der Waals surface area (Å²) in [6, 6.07) is 8.59. The molecule has 2 heterocycles. The van der Waals surface area contributed by atoms with Gasteiger partial charge >= 0.3 is 0 Å². The summed E-state index contributed by atoms with van der Waals surface area (Å²) in [7, 11) is 0. The van der Waals surface area contributed by atoms with Gasteiger partial charge in [0.15, 0.2) is 0 Å². The number of benzene rings is 1. The number of nitrogens with zero attached hydrogens (tertiary/aromatic N) is 3. The molecule has 3 nitrogen and oxygen atoms in total. The summed E-state index contributed by atoms with van der Waals surface area (Å²) in [6.07, 6.45) is 3.38. The molecule has 4 rings (SSSR count). The molecule has 0 amide bonds. The zero-order valence-corrected chi connectivity index (χ0v) is 10.1. The van der Waals surface area contributed by atoms with E-state index >= 15 is 0 Å². The molecule has 0 N–H and O–H groups in total. The van der Waals surface area contributed by atoms with Crippen LogP contribution in [0.3, 0.4) is 0 Å². The lowest BCUT2D eigenvalue weighted by molar-refractivity contribution is 0.778. The first-order valence-electron chi connectivity index (χ1n) is 5.83. The van der Waals surface area contributed by atoms with E-state index in [4.69, 9.17) is 4.98 Å². The lowest BCUT2D eigenvalue weighted by Gasteiger charge is -2.03. The van der Waals surface area contributed by atoms with Gasteiger partial charge < -0.3 is 0 Å². The van der Waals surface area contributed by atoms with Crippen LogP contribution in [-0.2, 0) is 12.8 Å². The Balaban J connectivity index is 2.09. The third-order valence-corrected chi connectivity index (χ3v) is 4.05. The van der Waals surface area contributed by atoms with Gasteiger partial charge in [0.1, 0.15) is 5.51 Å². The molecule has 0 radical (unpaired) electrons. The van der Waals surface area contributed by atoms with Gasteiger partial charge in [0, 0.05) is 5.56 Å². The highest BCUT2D eigenvalue weighted by Crippen LogP contribution is 2.32. The number of aryl methyl sites for hydroxylation is 2. The molecule has 4 heteroatoms. The first kappa shape index (κ1) is 9.36. The molecule has 0 saturated carbocycles. The maximum atomic E-state index is 4.73. The lowest BCUT2D eigenvalue weighted by atomic mass is 10.0. The summed E-state index contributed by atoms with van der Waals surface area (Å²) >= 11 is 1.60. The maximum absolute atomic E-state index is 4.73. The second-order valence-electron chi connectivity index (χ2n) is 4.35. The second kappa shape index (κ2) is 3.40. The van der Waals surface area contributed by atoms with E-state index in [0.29, 0.717) is 0 Å². The minimum atomic E-state index is 1.01. The van der Waals surface area contributed by atoms with Crippen molar-refractivity contribution < 1.29 is 0 Å². The molecule has 1 aliphatic rings. The topological polar surface area (TPSA) is 30.2 Å². The fraction of sp³-hybridized carbons (Fsp3) is 0.231. The van der Waals surface area contributed by atoms with E-state index in [1.54, 1.807) is 11.3 Å². The number of aromatic nitrogens is 3. The SMILES string of the molecule is c1ccc2c(c1)CCCc1c-2nc2scnn12. The average Bonchev–Trinajstić information content (AvgIpc) is 2.87. The Hall–Kier alpha value is -1.68. The quantitative estimate of drug-likeness (QED) is 0.605. The number of fused-ring (bicyclic) bond motifs is 5. The first-order valence-corrected chi connectivity index (χ1v) is 6.71. The van der Waals surface area contributed by atoms with Gasteiger partial charge in [-0.2, -0.15) is 5.10 Å². The Labute approximate surface area is 103 Å². The highest BCUT2D eigenvalue weighted by Gasteiger charge is 2.20. The smallest absolute Gasteiger partial charge is 0.212 e. The molecule has 0 unspecified atom stereocenters. The highest BCUT2D eigenvalue weighted by molar-refractivity contribution is 7.14. The summed E-state index contributed by atoms with van der Waals surface area (Å²) < 4.78 is 2.00. The number of imidazole rings is 1. The normalized spacial score (nSPS) is 14.4. The van der Waals surface area contributed by atoms with E-state index in [-0.39, 0.29) is 0 Å². The predicted octanol–water partition coefficient (Wildman–Crippen LogP) is 2.95. The van der Waals surface area contributed by atoms with E-state index in [9.17, 15) is 0 Å². The average molecular weight is 241 g/mol. The first-order chi connectivity index (χ1) is 8.43. The monoisotopic (exact) mass is 241 g/mol. The molecule has 17 heavy (non-hydrogen) atoms. The highest BCUT2D eigenvalue weighted by atomic mass is 32.1. The number of hydrogen-bond donors (Lipinski definition) is 0. The Kier molecular flexibility index (Phi) is 1.87. The molecular formula is C13H11N3S. The fourth-order valence-electron chi connectivity index (χ4n) is 2.59. The van der Waals surface area contributed by atoms with Gasteiger partial charge in [-0.25, -0.2) is 9.50 Å². The zero-order valence-electron chi connectivity index (χ0n) is 9.26. The van der Waals surface area contributed by atoms with Crippen molar-refractivity contribution in [2.45, 2.75) is 19.3 Å². The van der Waals surface area contributed by atoms with E-state index < -0.39 is 0 Å². The van der Waals surface area contributed by atoms with Crippen LogP contribution in [0.2, 0.25) is 0 Å². The number of hydrogen-bond acceptors (Lipinski definition) is 3. The standard InChI is InChI=1S/C13H11N3S/c1-2-6-10-9(4-1)5-3-7-11-12(10)15-13-16(11)14-8-17-13/h1-2,4,6,8H,3,5,7H2.